The first-order valence-corrected chi connectivity index (χ1v) is 10.3. The van der Waals surface area contributed by atoms with E-state index in [0.29, 0.717) is 23.8 Å². The molecule has 150 valence electrons. The van der Waals surface area contributed by atoms with Crippen LogP contribution in [0.4, 0.5) is 5.13 Å². The molecule has 0 saturated carbocycles. The van der Waals surface area contributed by atoms with Crippen molar-refractivity contribution in [1.82, 2.24) is 14.8 Å². The Hall–Kier alpha value is -3.65. The fourth-order valence-electron chi connectivity index (χ4n) is 3.27. The number of amides is 1. The average molecular weight is 418 g/mol. The van der Waals surface area contributed by atoms with Gasteiger partial charge < -0.3 is 9.15 Å². The van der Waals surface area contributed by atoms with Crippen molar-refractivity contribution in [3.05, 3.63) is 72.8 Å². The van der Waals surface area contributed by atoms with E-state index in [1.165, 1.54) is 11.3 Å². The molecular formula is C22H18N4O3S. The topological polar surface area (TPSA) is 73.4 Å². The highest BCUT2D eigenvalue weighted by molar-refractivity contribution is 7.22. The summed E-state index contributed by atoms with van der Waals surface area (Å²) in [6.07, 6.45) is 3.59. The molecule has 30 heavy (non-hydrogen) atoms. The number of carbonyl (C=O) groups excluding carboxylic acids is 1. The number of aromatic nitrogens is 3. The molecule has 0 atom stereocenters. The smallest absolute Gasteiger partial charge is 0.295 e. The number of methoxy groups -OCH3 is 1. The molecule has 1 amide bonds. The number of para-hydroxylation sites is 1. The number of fused-ring (bicyclic) bond motifs is 2. The second-order valence-corrected chi connectivity index (χ2v) is 7.71. The third kappa shape index (κ3) is 3.42. The summed E-state index contributed by atoms with van der Waals surface area (Å²) in [5.74, 6) is 0.808. The number of furan rings is 1. The molecule has 0 aliphatic rings. The van der Waals surface area contributed by atoms with Gasteiger partial charge in [0.05, 0.1) is 23.9 Å². The van der Waals surface area contributed by atoms with Crippen LogP contribution in [-0.4, -0.2) is 34.3 Å². The summed E-state index contributed by atoms with van der Waals surface area (Å²) in [6, 6.07) is 16.9. The quantitative estimate of drug-likeness (QED) is 0.403. The van der Waals surface area contributed by atoms with Gasteiger partial charge in [-0.2, -0.15) is 5.10 Å². The maximum Gasteiger partial charge on any atom is 0.295 e. The Kier molecular flexibility index (Phi) is 4.68. The van der Waals surface area contributed by atoms with Gasteiger partial charge in [0.2, 0.25) is 0 Å². The van der Waals surface area contributed by atoms with E-state index in [0.717, 1.165) is 21.4 Å². The van der Waals surface area contributed by atoms with E-state index in [1.807, 2.05) is 54.7 Å². The van der Waals surface area contributed by atoms with Crippen molar-refractivity contribution >= 4 is 43.6 Å². The van der Waals surface area contributed by atoms with Crippen molar-refractivity contribution in [3.63, 3.8) is 0 Å². The van der Waals surface area contributed by atoms with Gasteiger partial charge in [0.1, 0.15) is 11.3 Å². The zero-order chi connectivity index (χ0) is 20.5. The van der Waals surface area contributed by atoms with Crippen LogP contribution in [0.3, 0.4) is 0 Å². The minimum Gasteiger partial charge on any atom is -0.497 e. The number of benzene rings is 2. The molecule has 3 aromatic heterocycles. The lowest BCUT2D eigenvalue weighted by atomic mass is 10.2. The molecule has 0 saturated heterocycles. The van der Waals surface area contributed by atoms with Gasteiger partial charge in [-0.25, -0.2) is 4.98 Å². The number of thiazole rings is 1. The Morgan fingerprint density at radius 2 is 2.10 bits per heavy atom. The molecule has 0 aliphatic carbocycles. The molecule has 2 aromatic carbocycles. The number of hydrogen-bond acceptors (Lipinski definition) is 6. The number of hydrogen-bond donors (Lipinski definition) is 0. The molecule has 0 bridgehead atoms. The van der Waals surface area contributed by atoms with Crippen molar-refractivity contribution in [3.8, 4) is 5.75 Å². The van der Waals surface area contributed by atoms with Gasteiger partial charge in [-0.15, -0.1) is 0 Å². The summed E-state index contributed by atoms with van der Waals surface area (Å²) in [7, 11) is 1.63. The zero-order valence-electron chi connectivity index (χ0n) is 16.2. The van der Waals surface area contributed by atoms with E-state index in [1.54, 1.807) is 29.0 Å². The molecule has 0 aliphatic heterocycles. The van der Waals surface area contributed by atoms with Crippen molar-refractivity contribution in [2.24, 2.45) is 0 Å². The highest BCUT2D eigenvalue weighted by Gasteiger charge is 2.24. The molecule has 5 rings (SSSR count). The van der Waals surface area contributed by atoms with Crippen LogP contribution in [-0.2, 0) is 6.54 Å². The Balaban J connectivity index is 1.52. The summed E-state index contributed by atoms with van der Waals surface area (Å²) in [6.45, 7) is 0.951. The van der Waals surface area contributed by atoms with Crippen molar-refractivity contribution in [2.45, 2.75) is 6.54 Å². The minimum absolute atomic E-state index is 0.232. The number of anilines is 1. The Morgan fingerprint density at radius 1 is 1.20 bits per heavy atom. The second kappa shape index (κ2) is 7.64. The number of carbonyl (C=O) groups is 1. The molecule has 8 heteroatoms. The van der Waals surface area contributed by atoms with Gasteiger partial charge in [-0.1, -0.05) is 29.5 Å². The van der Waals surface area contributed by atoms with Crippen LogP contribution >= 0.6 is 11.3 Å². The van der Waals surface area contributed by atoms with E-state index in [9.17, 15) is 4.79 Å². The molecule has 0 spiro atoms. The third-order valence-corrected chi connectivity index (χ3v) is 5.85. The van der Waals surface area contributed by atoms with E-state index in [2.05, 4.69) is 10.1 Å². The van der Waals surface area contributed by atoms with E-state index in [-0.39, 0.29) is 11.7 Å². The first-order valence-electron chi connectivity index (χ1n) is 9.44. The maximum atomic E-state index is 13.4. The summed E-state index contributed by atoms with van der Waals surface area (Å²) in [5.41, 5.74) is 1.50. The van der Waals surface area contributed by atoms with Crippen molar-refractivity contribution < 1.29 is 13.9 Å². The number of nitrogens with zero attached hydrogens (tertiary/aromatic N) is 4. The fraction of sp³-hybridized carbons (Fsp3) is 0.136. The second-order valence-electron chi connectivity index (χ2n) is 6.70. The number of rotatable bonds is 6. The molecular weight excluding hydrogens is 400 g/mol. The van der Waals surface area contributed by atoms with Crippen LogP contribution in [0.25, 0.3) is 21.2 Å². The molecule has 0 fully saturated rings. The lowest BCUT2D eigenvalue weighted by Gasteiger charge is -2.18. The van der Waals surface area contributed by atoms with E-state index in [4.69, 9.17) is 9.15 Å². The fourth-order valence-corrected chi connectivity index (χ4v) is 4.29. The molecule has 0 radical (unpaired) electrons. The highest BCUT2D eigenvalue weighted by atomic mass is 32.1. The predicted octanol–water partition coefficient (Wildman–Crippen LogP) is 4.59. The van der Waals surface area contributed by atoms with Gasteiger partial charge in [0.25, 0.3) is 5.91 Å². The van der Waals surface area contributed by atoms with E-state index >= 15 is 0 Å². The normalized spacial score (nSPS) is 11.2. The average Bonchev–Trinajstić information content (AvgIpc) is 3.51. The molecule has 0 N–H and O–H groups in total. The SMILES string of the molecule is COc1ccc2nc(N(CCn3cccn3)C(=O)c3cc4ccccc4o3)sc2c1. The summed E-state index contributed by atoms with van der Waals surface area (Å²) in [4.78, 5) is 19.8. The standard InChI is InChI=1S/C22H18N4O3S/c1-28-16-7-8-17-20(14-16)30-22(24-17)26(12-11-25-10-4-9-23-25)21(27)19-13-15-5-2-3-6-18(15)29-19/h2-10,13-14H,11-12H2,1H3. The summed E-state index contributed by atoms with van der Waals surface area (Å²) < 4.78 is 13.9. The van der Waals surface area contributed by atoms with Crippen LogP contribution in [0.5, 0.6) is 5.75 Å². The van der Waals surface area contributed by atoms with Crippen LogP contribution in [0.2, 0.25) is 0 Å². The molecule has 3 heterocycles. The largest absolute Gasteiger partial charge is 0.497 e. The summed E-state index contributed by atoms with van der Waals surface area (Å²) in [5, 5.41) is 5.73. The Morgan fingerprint density at radius 3 is 2.90 bits per heavy atom. The van der Waals surface area contributed by atoms with Gasteiger partial charge in [0.15, 0.2) is 10.9 Å². The Bertz CT molecular complexity index is 1290. The lowest BCUT2D eigenvalue weighted by molar-refractivity contribution is 0.0961. The number of ether oxygens (including phenoxy) is 1. The lowest BCUT2D eigenvalue weighted by Crippen LogP contribution is -2.33. The first-order chi connectivity index (χ1) is 14.7. The van der Waals surface area contributed by atoms with E-state index < -0.39 is 0 Å². The van der Waals surface area contributed by atoms with Gasteiger partial charge in [0, 0.05) is 24.3 Å². The molecule has 0 unspecified atom stereocenters. The highest BCUT2D eigenvalue weighted by Crippen LogP contribution is 2.32. The van der Waals surface area contributed by atoms with Gasteiger partial charge in [-0.05, 0) is 36.4 Å². The van der Waals surface area contributed by atoms with Crippen LogP contribution < -0.4 is 9.64 Å². The van der Waals surface area contributed by atoms with Crippen molar-refractivity contribution in [2.75, 3.05) is 18.6 Å². The van der Waals surface area contributed by atoms with Crippen molar-refractivity contribution in [1.29, 1.82) is 0 Å². The summed E-state index contributed by atoms with van der Waals surface area (Å²) >= 11 is 1.44. The van der Waals surface area contributed by atoms with Crippen LogP contribution in [0, 0.1) is 0 Å². The van der Waals surface area contributed by atoms with Gasteiger partial charge in [-0.3, -0.25) is 14.4 Å². The predicted molar refractivity (Wildman–Crippen MR) is 116 cm³/mol. The van der Waals surface area contributed by atoms with Gasteiger partial charge >= 0.3 is 0 Å². The Labute approximate surface area is 176 Å². The van der Waals surface area contributed by atoms with Crippen LogP contribution in [0.15, 0.2) is 71.4 Å². The first kappa shape index (κ1) is 18.4. The molecule has 7 nitrogen and oxygen atoms in total. The zero-order valence-corrected chi connectivity index (χ0v) is 17.0. The molecule has 5 aromatic rings. The minimum atomic E-state index is -0.232. The van der Waals surface area contributed by atoms with Crippen LogP contribution in [0.1, 0.15) is 10.6 Å². The maximum absolute atomic E-state index is 13.4. The monoisotopic (exact) mass is 418 g/mol. The third-order valence-electron chi connectivity index (χ3n) is 4.81.